The lowest BCUT2D eigenvalue weighted by Gasteiger charge is -2.20. The summed E-state index contributed by atoms with van der Waals surface area (Å²) in [5.74, 6) is 0. The molecule has 2 amide bonds. The zero-order valence-electron chi connectivity index (χ0n) is 8.36. The van der Waals surface area contributed by atoms with Gasteiger partial charge in [-0.05, 0) is 24.1 Å². The number of urea groups is 1. The third-order valence-corrected chi connectivity index (χ3v) is 3.05. The Labute approximate surface area is 103 Å². The molecule has 0 saturated carbocycles. The van der Waals surface area contributed by atoms with Gasteiger partial charge in [-0.25, -0.2) is 9.10 Å². The topological polar surface area (TPSA) is 32.3 Å². The molecular formula is C9H11ClN2OS2. The fourth-order valence-electron chi connectivity index (χ4n) is 1.04. The normalized spacial score (nSPS) is 9.80. The molecule has 0 aliphatic rings. The maximum atomic E-state index is 11.6. The summed E-state index contributed by atoms with van der Waals surface area (Å²) in [6.45, 7) is 0. The third kappa shape index (κ3) is 3.22. The van der Waals surface area contributed by atoms with Crippen molar-refractivity contribution >= 4 is 47.2 Å². The molecule has 6 heteroatoms. The molecule has 82 valence electrons. The van der Waals surface area contributed by atoms with Crippen LogP contribution in [0.1, 0.15) is 0 Å². The van der Waals surface area contributed by atoms with Crippen LogP contribution in [0.25, 0.3) is 0 Å². The van der Waals surface area contributed by atoms with Gasteiger partial charge in [0.25, 0.3) is 0 Å². The third-order valence-electron chi connectivity index (χ3n) is 1.63. The SMILES string of the molecule is CSNC(=O)N(SC)c1ccccc1Cl. The van der Waals surface area contributed by atoms with Crippen LogP contribution in [0.3, 0.4) is 0 Å². The van der Waals surface area contributed by atoms with Crippen molar-refractivity contribution in [3.05, 3.63) is 29.3 Å². The summed E-state index contributed by atoms with van der Waals surface area (Å²) < 4.78 is 4.16. The molecule has 1 aromatic carbocycles. The number of anilines is 1. The standard InChI is InChI=1S/C9H11ClN2OS2/c1-14-11-9(13)12(15-2)8-6-4-3-5-7(8)10/h3-6H,1-2H3,(H,11,13). The zero-order chi connectivity index (χ0) is 11.3. The molecule has 0 radical (unpaired) electrons. The molecule has 0 aliphatic heterocycles. The van der Waals surface area contributed by atoms with Gasteiger partial charge in [-0.15, -0.1) is 0 Å². The van der Waals surface area contributed by atoms with E-state index in [1.165, 1.54) is 28.2 Å². The number of hydrogen-bond acceptors (Lipinski definition) is 3. The second kappa shape index (κ2) is 6.15. The van der Waals surface area contributed by atoms with Crippen molar-refractivity contribution in [1.29, 1.82) is 0 Å². The van der Waals surface area contributed by atoms with Gasteiger partial charge < -0.3 is 0 Å². The smallest absolute Gasteiger partial charge is 0.281 e. The van der Waals surface area contributed by atoms with Gasteiger partial charge in [-0.2, -0.15) is 0 Å². The van der Waals surface area contributed by atoms with Crippen molar-refractivity contribution in [3.63, 3.8) is 0 Å². The van der Waals surface area contributed by atoms with Gasteiger partial charge in [0.1, 0.15) is 0 Å². The second-order valence-electron chi connectivity index (χ2n) is 2.54. The number of hydrogen-bond donors (Lipinski definition) is 1. The Kier molecular flexibility index (Phi) is 5.14. The first-order valence-electron chi connectivity index (χ1n) is 4.12. The van der Waals surface area contributed by atoms with E-state index in [4.69, 9.17) is 11.6 Å². The van der Waals surface area contributed by atoms with Gasteiger partial charge in [0.2, 0.25) is 0 Å². The van der Waals surface area contributed by atoms with Crippen LogP contribution in [-0.4, -0.2) is 18.5 Å². The van der Waals surface area contributed by atoms with Crippen molar-refractivity contribution in [3.8, 4) is 0 Å². The van der Waals surface area contributed by atoms with Gasteiger partial charge in [0.05, 0.1) is 10.7 Å². The lowest BCUT2D eigenvalue weighted by atomic mass is 10.3. The van der Waals surface area contributed by atoms with Crippen molar-refractivity contribution in [2.24, 2.45) is 0 Å². The molecule has 1 rings (SSSR count). The van der Waals surface area contributed by atoms with Gasteiger partial charge in [0.15, 0.2) is 0 Å². The number of benzene rings is 1. The lowest BCUT2D eigenvalue weighted by molar-refractivity contribution is 0.255. The van der Waals surface area contributed by atoms with Gasteiger partial charge in [-0.3, -0.25) is 4.72 Å². The Morgan fingerprint density at radius 3 is 2.60 bits per heavy atom. The number of carbonyl (C=O) groups is 1. The largest absolute Gasteiger partial charge is 0.342 e. The van der Waals surface area contributed by atoms with Crippen LogP contribution >= 0.6 is 35.5 Å². The summed E-state index contributed by atoms with van der Waals surface area (Å²) in [6, 6.07) is 7.04. The van der Waals surface area contributed by atoms with Crippen LogP contribution < -0.4 is 9.03 Å². The summed E-state index contributed by atoms with van der Waals surface area (Å²) in [5.41, 5.74) is 0.693. The minimum Gasteiger partial charge on any atom is -0.281 e. The number of rotatable bonds is 3. The van der Waals surface area contributed by atoms with E-state index < -0.39 is 0 Å². The summed E-state index contributed by atoms with van der Waals surface area (Å²) in [5, 5.41) is 0.558. The van der Waals surface area contributed by atoms with Crippen LogP contribution in [0, 0.1) is 0 Å². The Hall–Kier alpha value is -0.520. The number of para-hydroxylation sites is 1. The maximum Gasteiger partial charge on any atom is 0.342 e. The van der Waals surface area contributed by atoms with Gasteiger partial charge >= 0.3 is 6.03 Å². The van der Waals surface area contributed by atoms with E-state index >= 15 is 0 Å². The first kappa shape index (κ1) is 12.5. The lowest BCUT2D eigenvalue weighted by Crippen LogP contribution is -2.31. The zero-order valence-corrected chi connectivity index (χ0v) is 10.7. The predicted molar refractivity (Wildman–Crippen MR) is 69.5 cm³/mol. The van der Waals surface area contributed by atoms with Gasteiger partial charge in [-0.1, -0.05) is 35.7 Å². The average Bonchev–Trinajstić information content (AvgIpc) is 2.22. The molecule has 0 unspecified atom stereocenters. The molecular weight excluding hydrogens is 252 g/mol. The van der Waals surface area contributed by atoms with E-state index in [1.807, 2.05) is 18.4 Å². The fourth-order valence-corrected chi connectivity index (χ4v) is 2.20. The minimum absolute atomic E-state index is 0.192. The number of amides is 2. The van der Waals surface area contributed by atoms with Crippen molar-refractivity contribution < 1.29 is 4.79 Å². The summed E-state index contributed by atoms with van der Waals surface area (Å²) >= 11 is 8.57. The highest BCUT2D eigenvalue weighted by Gasteiger charge is 2.16. The number of nitrogens with one attached hydrogen (secondary N) is 1. The average molecular weight is 263 g/mol. The van der Waals surface area contributed by atoms with Crippen LogP contribution in [0.2, 0.25) is 5.02 Å². The highest BCUT2D eigenvalue weighted by Crippen LogP contribution is 2.29. The highest BCUT2D eigenvalue weighted by molar-refractivity contribution is 8.01. The maximum absolute atomic E-state index is 11.6. The van der Waals surface area contributed by atoms with E-state index in [2.05, 4.69) is 4.72 Å². The number of nitrogens with zero attached hydrogens (tertiary/aromatic N) is 1. The molecule has 0 atom stereocenters. The second-order valence-corrected chi connectivity index (χ2v) is 4.29. The molecule has 15 heavy (non-hydrogen) atoms. The molecule has 1 N–H and O–H groups in total. The quantitative estimate of drug-likeness (QED) is 0.848. The van der Waals surface area contributed by atoms with E-state index in [-0.39, 0.29) is 6.03 Å². The number of halogens is 1. The predicted octanol–water partition coefficient (Wildman–Crippen LogP) is 3.41. The van der Waals surface area contributed by atoms with E-state index in [9.17, 15) is 4.79 Å². The first-order chi connectivity index (χ1) is 7.20. The Bertz CT molecular complexity index is 349. The van der Waals surface area contributed by atoms with E-state index in [0.717, 1.165) is 0 Å². The van der Waals surface area contributed by atoms with Crippen LogP contribution in [0.5, 0.6) is 0 Å². The van der Waals surface area contributed by atoms with Crippen molar-refractivity contribution in [1.82, 2.24) is 4.72 Å². The molecule has 0 aliphatic carbocycles. The molecule has 0 heterocycles. The fraction of sp³-hybridized carbons (Fsp3) is 0.222. The monoisotopic (exact) mass is 262 g/mol. The molecule has 0 saturated heterocycles. The Morgan fingerprint density at radius 1 is 1.40 bits per heavy atom. The van der Waals surface area contributed by atoms with Crippen LogP contribution in [0.4, 0.5) is 10.5 Å². The van der Waals surface area contributed by atoms with Crippen LogP contribution in [0.15, 0.2) is 24.3 Å². The molecule has 0 aromatic heterocycles. The summed E-state index contributed by atoms with van der Waals surface area (Å²) in [7, 11) is 0. The molecule has 3 nitrogen and oxygen atoms in total. The molecule has 0 fully saturated rings. The molecule has 1 aromatic rings. The number of carbonyl (C=O) groups excluding carboxylic acids is 1. The Balaban J connectivity index is 2.92. The van der Waals surface area contributed by atoms with Gasteiger partial charge in [0, 0.05) is 12.5 Å². The van der Waals surface area contributed by atoms with Crippen LogP contribution in [-0.2, 0) is 0 Å². The van der Waals surface area contributed by atoms with Crippen molar-refractivity contribution in [2.75, 3.05) is 16.8 Å². The summed E-state index contributed by atoms with van der Waals surface area (Å²) in [6.07, 6.45) is 3.62. The Morgan fingerprint density at radius 2 is 2.07 bits per heavy atom. The molecule has 0 spiro atoms. The molecule has 0 bridgehead atoms. The van der Waals surface area contributed by atoms with Crippen molar-refractivity contribution in [2.45, 2.75) is 0 Å². The van der Waals surface area contributed by atoms with E-state index in [1.54, 1.807) is 18.4 Å². The minimum atomic E-state index is -0.192. The summed E-state index contributed by atoms with van der Waals surface area (Å²) in [4.78, 5) is 11.6. The first-order valence-corrected chi connectivity index (χ1v) is 6.91. The van der Waals surface area contributed by atoms with E-state index in [0.29, 0.717) is 10.7 Å². The highest BCUT2D eigenvalue weighted by atomic mass is 35.5.